The van der Waals surface area contributed by atoms with E-state index in [0.29, 0.717) is 10.6 Å². The monoisotopic (exact) mass is 470 g/mol. The lowest BCUT2D eigenvalue weighted by atomic mass is 10.1. The molecule has 168 valence electrons. The van der Waals surface area contributed by atoms with Crippen molar-refractivity contribution in [3.05, 3.63) is 53.6 Å². The highest BCUT2D eigenvalue weighted by Gasteiger charge is 2.34. The van der Waals surface area contributed by atoms with E-state index in [0.717, 1.165) is 29.8 Å². The number of alkyl halides is 3. The Morgan fingerprint density at radius 3 is 2.19 bits per heavy atom. The second kappa shape index (κ2) is 11.5. The molecule has 1 unspecified atom stereocenters. The molecule has 2 rings (SSSR count). The topological polar surface area (TPSA) is 58.2 Å². The average molecular weight is 471 g/mol. The van der Waals surface area contributed by atoms with Gasteiger partial charge < -0.3 is 10.6 Å². The largest absolute Gasteiger partial charge is 0.418 e. The number of hydrogen-bond acceptors (Lipinski definition) is 4. The molecule has 0 saturated heterocycles. The van der Waals surface area contributed by atoms with Gasteiger partial charge in [-0.3, -0.25) is 9.59 Å². The van der Waals surface area contributed by atoms with E-state index in [9.17, 15) is 22.8 Å². The molecule has 0 aromatic heterocycles. The highest BCUT2D eigenvalue weighted by molar-refractivity contribution is 8.00. The number of benzene rings is 2. The van der Waals surface area contributed by atoms with Gasteiger partial charge in [-0.05, 0) is 43.7 Å². The first-order valence-corrected chi connectivity index (χ1v) is 11.7. The quantitative estimate of drug-likeness (QED) is 0.428. The molecule has 0 aliphatic heterocycles. The molecule has 2 aromatic rings. The van der Waals surface area contributed by atoms with Crippen LogP contribution >= 0.6 is 23.5 Å². The third kappa shape index (κ3) is 8.49. The predicted octanol–water partition coefficient (Wildman–Crippen LogP) is 6.21. The third-order valence-electron chi connectivity index (χ3n) is 4.28. The van der Waals surface area contributed by atoms with Gasteiger partial charge in [-0.2, -0.15) is 13.2 Å². The minimum absolute atomic E-state index is 0.0118. The summed E-state index contributed by atoms with van der Waals surface area (Å²) in [7, 11) is 0. The number of nitrogens with one attached hydrogen (secondary N) is 2. The number of amides is 2. The van der Waals surface area contributed by atoms with Crippen molar-refractivity contribution in [2.45, 2.75) is 43.5 Å². The fourth-order valence-electron chi connectivity index (χ4n) is 2.51. The standard InChI is InChI=1S/C22H25F3N2O2S2/c1-4-15(3)31-17-9-10-19(18(11-17)22(23,24)25)27-21(29)13-30-12-20(28)26-16-7-5-14(2)6-8-16/h5-11,15H,4,12-13H2,1-3H3,(H,26,28)(H,27,29). The van der Waals surface area contributed by atoms with Crippen LogP contribution in [0, 0.1) is 6.92 Å². The molecule has 4 nitrogen and oxygen atoms in total. The van der Waals surface area contributed by atoms with Crippen molar-refractivity contribution in [2.24, 2.45) is 0 Å². The second-order valence-electron chi connectivity index (χ2n) is 7.00. The average Bonchev–Trinajstić information content (AvgIpc) is 2.70. The molecule has 31 heavy (non-hydrogen) atoms. The predicted molar refractivity (Wildman–Crippen MR) is 123 cm³/mol. The van der Waals surface area contributed by atoms with Crippen molar-refractivity contribution in [1.29, 1.82) is 0 Å². The number of carbonyl (C=O) groups excluding carboxylic acids is 2. The van der Waals surface area contributed by atoms with Crippen LogP contribution in [0.2, 0.25) is 0 Å². The Kier molecular flexibility index (Phi) is 9.31. The Morgan fingerprint density at radius 2 is 1.61 bits per heavy atom. The first kappa shape index (κ1) is 25.1. The summed E-state index contributed by atoms with van der Waals surface area (Å²) >= 11 is 2.39. The van der Waals surface area contributed by atoms with Crippen LogP contribution < -0.4 is 10.6 Å². The lowest BCUT2D eigenvalue weighted by molar-refractivity contribution is -0.137. The molecule has 0 aliphatic carbocycles. The normalized spacial score (nSPS) is 12.3. The van der Waals surface area contributed by atoms with Crippen LogP contribution in [0.4, 0.5) is 24.5 Å². The fourth-order valence-corrected chi connectivity index (χ4v) is 4.09. The highest BCUT2D eigenvalue weighted by atomic mass is 32.2. The van der Waals surface area contributed by atoms with Gasteiger partial charge in [0.15, 0.2) is 0 Å². The van der Waals surface area contributed by atoms with Gasteiger partial charge in [-0.15, -0.1) is 23.5 Å². The van der Waals surface area contributed by atoms with Gasteiger partial charge in [0, 0.05) is 15.8 Å². The molecule has 9 heteroatoms. The number of rotatable bonds is 9. The van der Waals surface area contributed by atoms with Crippen molar-refractivity contribution in [1.82, 2.24) is 0 Å². The number of hydrogen-bond donors (Lipinski definition) is 2. The first-order valence-electron chi connectivity index (χ1n) is 9.70. The summed E-state index contributed by atoms with van der Waals surface area (Å²) in [5.41, 5.74) is 0.548. The van der Waals surface area contributed by atoms with Crippen molar-refractivity contribution in [2.75, 3.05) is 22.1 Å². The molecule has 2 amide bonds. The van der Waals surface area contributed by atoms with E-state index in [2.05, 4.69) is 10.6 Å². The third-order valence-corrected chi connectivity index (χ3v) is 6.48. The summed E-state index contributed by atoms with van der Waals surface area (Å²) in [4.78, 5) is 24.6. The Bertz CT molecular complexity index is 903. The fraction of sp³-hybridized carbons (Fsp3) is 0.364. The molecular weight excluding hydrogens is 445 g/mol. The van der Waals surface area contributed by atoms with Gasteiger partial charge in [-0.25, -0.2) is 0 Å². The summed E-state index contributed by atoms with van der Waals surface area (Å²) in [5.74, 6) is -1.01. The Labute approximate surface area is 188 Å². The van der Waals surface area contributed by atoms with E-state index >= 15 is 0 Å². The van der Waals surface area contributed by atoms with Gasteiger partial charge in [-0.1, -0.05) is 31.5 Å². The molecular formula is C22H25F3N2O2S2. The van der Waals surface area contributed by atoms with Gasteiger partial charge in [0.2, 0.25) is 11.8 Å². The van der Waals surface area contributed by atoms with Crippen LogP contribution in [0.25, 0.3) is 0 Å². The molecule has 0 aliphatic rings. The summed E-state index contributed by atoms with van der Waals surface area (Å²) < 4.78 is 40.4. The van der Waals surface area contributed by atoms with Crippen LogP contribution in [0.3, 0.4) is 0 Å². The zero-order chi connectivity index (χ0) is 23.0. The van der Waals surface area contributed by atoms with E-state index in [1.165, 1.54) is 17.8 Å². The lowest BCUT2D eigenvalue weighted by Crippen LogP contribution is -2.20. The van der Waals surface area contributed by atoms with E-state index < -0.39 is 17.6 Å². The first-order chi connectivity index (χ1) is 14.6. The lowest BCUT2D eigenvalue weighted by Gasteiger charge is -2.16. The molecule has 0 spiro atoms. The van der Waals surface area contributed by atoms with Gasteiger partial charge in [0.25, 0.3) is 0 Å². The van der Waals surface area contributed by atoms with Crippen molar-refractivity contribution < 1.29 is 22.8 Å². The van der Waals surface area contributed by atoms with E-state index in [1.807, 2.05) is 32.9 Å². The second-order valence-corrected chi connectivity index (χ2v) is 9.49. The maximum absolute atomic E-state index is 13.5. The van der Waals surface area contributed by atoms with Crippen molar-refractivity contribution >= 4 is 46.7 Å². The van der Waals surface area contributed by atoms with E-state index in [1.54, 1.807) is 18.2 Å². The number of halogens is 3. The molecule has 0 radical (unpaired) electrons. The van der Waals surface area contributed by atoms with E-state index in [4.69, 9.17) is 0 Å². The molecule has 0 saturated carbocycles. The Morgan fingerprint density at radius 1 is 1.00 bits per heavy atom. The molecule has 2 aromatic carbocycles. The summed E-state index contributed by atoms with van der Waals surface area (Å²) in [5, 5.41) is 5.21. The van der Waals surface area contributed by atoms with Crippen molar-refractivity contribution in [3.8, 4) is 0 Å². The van der Waals surface area contributed by atoms with E-state index in [-0.39, 0.29) is 28.4 Å². The van der Waals surface area contributed by atoms with Crippen LogP contribution in [0.5, 0.6) is 0 Å². The maximum atomic E-state index is 13.5. The summed E-state index contributed by atoms with van der Waals surface area (Å²) in [6.45, 7) is 5.85. The molecule has 0 fully saturated rings. The molecule has 1 atom stereocenters. The number of aryl methyl sites for hydroxylation is 1. The SMILES string of the molecule is CCC(C)Sc1ccc(NC(=O)CSCC(=O)Nc2ccc(C)cc2)c(C(F)(F)F)c1. The minimum Gasteiger partial charge on any atom is -0.325 e. The Hall–Kier alpha value is -2.13. The number of carbonyl (C=O) groups is 2. The molecule has 0 bridgehead atoms. The van der Waals surface area contributed by atoms with Gasteiger partial charge >= 0.3 is 6.18 Å². The van der Waals surface area contributed by atoms with Crippen LogP contribution in [-0.2, 0) is 15.8 Å². The highest BCUT2D eigenvalue weighted by Crippen LogP contribution is 2.38. The van der Waals surface area contributed by atoms with Crippen LogP contribution in [-0.4, -0.2) is 28.6 Å². The summed E-state index contributed by atoms with van der Waals surface area (Å²) in [6, 6.07) is 11.2. The maximum Gasteiger partial charge on any atom is 0.418 e. The van der Waals surface area contributed by atoms with Crippen LogP contribution in [0.1, 0.15) is 31.4 Å². The van der Waals surface area contributed by atoms with Crippen molar-refractivity contribution in [3.63, 3.8) is 0 Å². The van der Waals surface area contributed by atoms with Gasteiger partial charge in [0.1, 0.15) is 0 Å². The molecule has 2 N–H and O–H groups in total. The number of thioether (sulfide) groups is 2. The van der Waals surface area contributed by atoms with Crippen LogP contribution in [0.15, 0.2) is 47.4 Å². The zero-order valence-electron chi connectivity index (χ0n) is 17.5. The minimum atomic E-state index is -4.59. The number of anilines is 2. The molecule has 0 heterocycles. The smallest absolute Gasteiger partial charge is 0.325 e. The van der Waals surface area contributed by atoms with Gasteiger partial charge in [0.05, 0.1) is 22.8 Å². The Balaban J connectivity index is 1.91. The summed E-state index contributed by atoms with van der Waals surface area (Å²) in [6.07, 6.45) is -3.76. The zero-order valence-corrected chi connectivity index (χ0v) is 19.1.